The fourth-order valence-electron chi connectivity index (χ4n) is 0.873. The van der Waals surface area contributed by atoms with Gasteiger partial charge < -0.3 is 5.73 Å². The van der Waals surface area contributed by atoms with Crippen LogP contribution in [0.4, 0.5) is 5.69 Å². The molecular weight excluding hydrogens is 288 g/mol. The van der Waals surface area contributed by atoms with Crippen molar-refractivity contribution < 1.29 is 4.79 Å². The number of nitrogens with two attached hydrogens (primary N) is 1. The molecule has 2 N–H and O–H groups in total. The molecule has 2 nitrogen and oxygen atoms in total. The highest BCUT2D eigenvalue weighted by Gasteiger charge is 2.09. The highest BCUT2D eigenvalue weighted by molar-refractivity contribution is 14.1. The lowest BCUT2D eigenvalue weighted by Crippen LogP contribution is -2.00. The summed E-state index contributed by atoms with van der Waals surface area (Å²) in [5, 5.41) is 0.461. The Labute approximate surface area is 89.2 Å². The topological polar surface area (TPSA) is 43.1 Å². The normalized spacial score (nSPS) is 9.92. The first kappa shape index (κ1) is 9.80. The van der Waals surface area contributed by atoms with E-state index in [9.17, 15) is 4.79 Å². The molecule has 4 heteroatoms. The highest BCUT2D eigenvalue weighted by atomic mass is 127. The molecule has 0 heterocycles. The van der Waals surface area contributed by atoms with E-state index in [2.05, 4.69) is 22.6 Å². The molecule has 0 atom stereocenters. The molecule has 1 rings (SSSR count). The van der Waals surface area contributed by atoms with Gasteiger partial charge in [-0.05, 0) is 41.6 Å². The zero-order valence-electron chi connectivity index (χ0n) is 6.40. The number of anilines is 1. The van der Waals surface area contributed by atoms with Gasteiger partial charge in [0.25, 0.3) is 0 Å². The van der Waals surface area contributed by atoms with Crippen molar-refractivity contribution in [2.75, 3.05) is 5.73 Å². The average Bonchev–Trinajstić information content (AvgIpc) is 2.00. The third-order valence-corrected chi connectivity index (χ3v) is 3.14. The summed E-state index contributed by atoms with van der Waals surface area (Å²) in [5.41, 5.74) is 6.48. The predicted molar refractivity (Wildman–Crippen MR) is 58.6 cm³/mol. The van der Waals surface area contributed by atoms with Crippen LogP contribution in [-0.4, -0.2) is 5.78 Å². The van der Waals surface area contributed by atoms with E-state index in [4.69, 9.17) is 17.3 Å². The fourth-order valence-corrected chi connectivity index (χ4v) is 1.51. The Balaban J connectivity index is 3.36. The number of carbonyl (C=O) groups is 1. The summed E-state index contributed by atoms with van der Waals surface area (Å²) in [7, 11) is 0. The van der Waals surface area contributed by atoms with Crippen LogP contribution in [0.2, 0.25) is 5.02 Å². The molecule has 12 heavy (non-hydrogen) atoms. The lowest BCUT2D eigenvalue weighted by molar-refractivity contribution is 0.101. The summed E-state index contributed by atoms with van der Waals surface area (Å²) < 4.78 is 0.858. The van der Waals surface area contributed by atoms with Gasteiger partial charge in [0.2, 0.25) is 0 Å². The molecule has 0 aliphatic heterocycles. The lowest BCUT2D eigenvalue weighted by Gasteiger charge is -2.04. The van der Waals surface area contributed by atoms with Gasteiger partial charge in [-0.2, -0.15) is 0 Å². The van der Waals surface area contributed by atoms with Gasteiger partial charge in [0, 0.05) is 9.13 Å². The number of carbonyl (C=O) groups excluding carboxylic acids is 1. The first-order chi connectivity index (χ1) is 5.54. The highest BCUT2D eigenvalue weighted by Crippen LogP contribution is 2.28. The zero-order valence-corrected chi connectivity index (χ0v) is 9.31. The third-order valence-electron chi connectivity index (χ3n) is 1.51. The number of benzene rings is 1. The molecule has 0 spiro atoms. The molecule has 64 valence electrons. The van der Waals surface area contributed by atoms with E-state index in [0.29, 0.717) is 16.3 Å². The summed E-state index contributed by atoms with van der Waals surface area (Å²) >= 11 is 7.91. The molecule has 0 aliphatic rings. The van der Waals surface area contributed by atoms with Gasteiger partial charge in [-0.1, -0.05) is 11.6 Å². The van der Waals surface area contributed by atoms with Crippen LogP contribution in [0.15, 0.2) is 12.1 Å². The summed E-state index contributed by atoms with van der Waals surface area (Å²) in [4.78, 5) is 11.0. The van der Waals surface area contributed by atoms with Crippen molar-refractivity contribution in [3.8, 4) is 0 Å². The molecule has 1 aromatic carbocycles. The van der Waals surface area contributed by atoms with Crippen LogP contribution in [0.25, 0.3) is 0 Å². The number of rotatable bonds is 1. The Morgan fingerprint density at radius 1 is 1.58 bits per heavy atom. The second-order valence-corrected chi connectivity index (χ2v) is 3.92. The third kappa shape index (κ3) is 1.72. The second kappa shape index (κ2) is 3.62. The summed E-state index contributed by atoms with van der Waals surface area (Å²) in [5.74, 6) is -0.0641. The Kier molecular flexibility index (Phi) is 2.95. The molecule has 0 saturated heterocycles. The van der Waals surface area contributed by atoms with Gasteiger partial charge in [0.1, 0.15) is 0 Å². The SMILES string of the molecule is CC(=O)c1ccc(I)c(Cl)c1N. The number of ketones is 1. The number of hydrogen-bond donors (Lipinski definition) is 1. The van der Waals surface area contributed by atoms with Crippen LogP contribution in [0.1, 0.15) is 17.3 Å². The zero-order chi connectivity index (χ0) is 9.30. The van der Waals surface area contributed by atoms with Gasteiger partial charge >= 0.3 is 0 Å². The van der Waals surface area contributed by atoms with E-state index in [1.165, 1.54) is 6.92 Å². The number of Topliss-reactive ketones (excluding diaryl/α,β-unsaturated/α-hetero) is 1. The summed E-state index contributed by atoms with van der Waals surface area (Å²) in [6.07, 6.45) is 0. The van der Waals surface area contributed by atoms with Crippen LogP contribution in [0, 0.1) is 3.57 Å². The standard InChI is InChI=1S/C8H7ClINO/c1-4(12)5-2-3-6(10)7(9)8(5)11/h2-3H,11H2,1H3. The van der Waals surface area contributed by atoms with Crippen molar-refractivity contribution in [2.24, 2.45) is 0 Å². The van der Waals surface area contributed by atoms with Gasteiger partial charge in [0.05, 0.1) is 10.7 Å². The molecular formula is C8H7ClINO. The smallest absolute Gasteiger partial charge is 0.161 e. The van der Waals surface area contributed by atoms with Crippen LogP contribution in [-0.2, 0) is 0 Å². The van der Waals surface area contributed by atoms with E-state index < -0.39 is 0 Å². The molecule has 0 fully saturated rings. The molecule has 0 bridgehead atoms. The Bertz CT molecular complexity index is 338. The summed E-state index contributed by atoms with van der Waals surface area (Å²) in [6, 6.07) is 3.46. The minimum Gasteiger partial charge on any atom is -0.397 e. The van der Waals surface area contributed by atoms with Crippen molar-refractivity contribution in [3.05, 3.63) is 26.3 Å². The minimum atomic E-state index is -0.0641. The predicted octanol–water partition coefficient (Wildman–Crippen LogP) is 2.73. The minimum absolute atomic E-state index is 0.0641. The van der Waals surface area contributed by atoms with Crippen LogP contribution in [0.5, 0.6) is 0 Å². The lowest BCUT2D eigenvalue weighted by atomic mass is 10.1. The van der Waals surface area contributed by atoms with Crippen molar-refractivity contribution in [3.63, 3.8) is 0 Å². The fraction of sp³-hybridized carbons (Fsp3) is 0.125. The largest absolute Gasteiger partial charge is 0.397 e. The monoisotopic (exact) mass is 295 g/mol. The average molecular weight is 296 g/mol. The van der Waals surface area contributed by atoms with Crippen LogP contribution < -0.4 is 5.73 Å². The summed E-state index contributed by atoms with van der Waals surface area (Å²) in [6.45, 7) is 1.47. The molecule has 0 saturated carbocycles. The first-order valence-corrected chi connectivity index (χ1v) is 4.74. The Hall–Kier alpha value is -0.290. The molecule has 0 aliphatic carbocycles. The number of halogens is 2. The maximum Gasteiger partial charge on any atom is 0.161 e. The van der Waals surface area contributed by atoms with E-state index in [-0.39, 0.29) is 5.78 Å². The van der Waals surface area contributed by atoms with Gasteiger partial charge in [-0.3, -0.25) is 4.79 Å². The van der Waals surface area contributed by atoms with Gasteiger partial charge in [0.15, 0.2) is 5.78 Å². The molecule has 0 radical (unpaired) electrons. The quantitative estimate of drug-likeness (QED) is 0.492. The number of nitrogen functional groups attached to an aromatic ring is 1. The molecule has 0 aromatic heterocycles. The van der Waals surface area contributed by atoms with Crippen molar-refractivity contribution >= 4 is 45.7 Å². The number of hydrogen-bond acceptors (Lipinski definition) is 2. The van der Waals surface area contributed by atoms with Crippen LogP contribution in [0.3, 0.4) is 0 Å². The first-order valence-electron chi connectivity index (χ1n) is 3.28. The van der Waals surface area contributed by atoms with E-state index in [1.807, 2.05) is 0 Å². The Morgan fingerprint density at radius 3 is 2.67 bits per heavy atom. The van der Waals surface area contributed by atoms with Crippen molar-refractivity contribution in [1.29, 1.82) is 0 Å². The van der Waals surface area contributed by atoms with E-state index >= 15 is 0 Å². The van der Waals surface area contributed by atoms with Gasteiger partial charge in [-0.25, -0.2) is 0 Å². The molecule has 1 aromatic rings. The molecule has 0 unspecified atom stereocenters. The Morgan fingerprint density at radius 2 is 2.17 bits per heavy atom. The van der Waals surface area contributed by atoms with Crippen LogP contribution >= 0.6 is 34.2 Å². The molecule has 0 amide bonds. The second-order valence-electron chi connectivity index (χ2n) is 2.38. The van der Waals surface area contributed by atoms with Gasteiger partial charge in [-0.15, -0.1) is 0 Å². The maximum absolute atomic E-state index is 11.0. The van der Waals surface area contributed by atoms with Crippen molar-refractivity contribution in [1.82, 2.24) is 0 Å². The van der Waals surface area contributed by atoms with E-state index in [0.717, 1.165) is 3.57 Å². The van der Waals surface area contributed by atoms with E-state index in [1.54, 1.807) is 12.1 Å². The maximum atomic E-state index is 11.0. The van der Waals surface area contributed by atoms with Crippen molar-refractivity contribution in [2.45, 2.75) is 6.92 Å².